The Morgan fingerprint density at radius 3 is 3.13 bits per heavy atom. The standard InChI is InChI=1S/C15H18N4O3S/c16-14-2-1-10(5-17-14)15(20)19-12-3-4-21-7-13(12)22-6-11-8-23-9-18-11/h1-2,5,8-9,12-13H,3-4,6-7H2,(H2,16,17)(H,19,20)/t12-,13-/m1/s1. The number of nitrogens with zero attached hydrogens (tertiary/aromatic N) is 2. The SMILES string of the molecule is Nc1ccc(C(=O)N[C@@H]2CCOC[C@H]2OCc2cscn2)cn1. The van der Waals surface area contributed by atoms with E-state index in [4.69, 9.17) is 15.2 Å². The van der Waals surface area contributed by atoms with Gasteiger partial charge in [-0.3, -0.25) is 4.79 Å². The molecule has 2 aromatic heterocycles. The summed E-state index contributed by atoms with van der Waals surface area (Å²) in [7, 11) is 0. The molecule has 0 aliphatic carbocycles. The molecule has 1 saturated heterocycles. The highest BCUT2D eigenvalue weighted by Crippen LogP contribution is 2.15. The zero-order chi connectivity index (χ0) is 16.1. The van der Waals surface area contributed by atoms with Crippen LogP contribution in [0.3, 0.4) is 0 Å². The molecule has 3 N–H and O–H groups in total. The normalized spacial score (nSPS) is 21.0. The number of nitrogens with two attached hydrogens (primary N) is 1. The highest BCUT2D eigenvalue weighted by molar-refractivity contribution is 7.07. The fourth-order valence-electron chi connectivity index (χ4n) is 2.33. The van der Waals surface area contributed by atoms with Crippen LogP contribution in [0.25, 0.3) is 0 Å². The summed E-state index contributed by atoms with van der Waals surface area (Å²) in [5.74, 6) is 0.198. The van der Waals surface area contributed by atoms with Crippen molar-refractivity contribution in [3.63, 3.8) is 0 Å². The molecule has 0 spiro atoms. The van der Waals surface area contributed by atoms with E-state index in [1.54, 1.807) is 17.6 Å². The molecule has 0 bridgehead atoms. The lowest BCUT2D eigenvalue weighted by Gasteiger charge is -2.31. The van der Waals surface area contributed by atoms with Crippen molar-refractivity contribution < 1.29 is 14.3 Å². The molecule has 23 heavy (non-hydrogen) atoms. The predicted molar refractivity (Wildman–Crippen MR) is 86.0 cm³/mol. The Morgan fingerprint density at radius 2 is 2.39 bits per heavy atom. The van der Waals surface area contributed by atoms with Gasteiger partial charge in [0.25, 0.3) is 5.91 Å². The summed E-state index contributed by atoms with van der Waals surface area (Å²) in [6, 6.07) is 3.16. The fraction of sp³-hybridized carbons (Fsp3) is 0.400. The van der Waals surface area contributed by atoms with Crippen LogP contribution in [0.5, 0.6) is 0 Å². The maximum atomic E-state index is 12.3. The molecule has 1 aliphatic heterocycles. The van der Waals surface area contributed by atoms with Gasteiger partial charge in [-0.25, -0.2) is 9.97 Å². The van der Waals surface area contributed by atoms with Crippen molar-refractivity contribution in [1.82, 2.24) is 15.3 Å². The summed E-state index contributed by atoms with van der Waals surface area (Å²) < 4.78 is 11.3. The Balaban J connectivity index is 1.59. The van der Waals surface area contributed by atoms with Gasteiger partial charge in [0.05, 0.1) is 36.0 Å². The van der Waals surface area contributed by atoms with Crippen molar-refractivity contribution >= 4 is 23.1 Å². The number of thiazole rings is 1. The van der Waals surface area contributed by atoms with Gasteiger partial charge in [0.1, 0.15) is 11.9 Å². The third-order valence-electron chi connectivity index (χ3n) is 3.60. The van der Waals surface area contributed by atoms with Crippen LogP contribution in [-0.4, -0.2) is 41.2 Å². The Morgan fingerprint density at radius 1 is 1.48 bits per heavy atom. The summed E-state index contributed by atoms with van der Waals surface area (Å²) in [6.45, 7) is 1.46. The number of nitrogen functional groups attached to an aromatic ring is 1. The van der Waals surface area contributed by atoms with Crippen LogP contribution < -0.4 is 11.1 Å². The van der Waals surface area contributed by atoms with Crippen LogP contribution in [0, 0.1) is 0 Å². The number of carbonyl (C=O) groups is 1. The molecule has 1 amide bonds. The largest absolute Gasteiger partial charge is 0.384 e. The highest BCUT2D eigenvalue weighted by Gasteiger charge is 2.28. The Bertz CT molecular complexity index is 633. The van der Waals surface area contributed by atoms with E-state index < -0.39 is 0 Å². The first kappa shape index (κ1) is 15.9. The maximum absolute atomic E-state index is 12.3. The average molecular weight is 334 g/mol. The second-order valence-electron chi connectivity index (χ2n) is 5.24. The van der Waals surface area contributed by atoms with Crippen molar-refractivity contribution in [2.45, 2.75) is 25.2 Å². The van der Waals surface area contributed by atoms with Crippen molar-refractivity contribution in [2.75, 3.05) is 18.9 Å². The van der Waals surface area contributed by atoms with Crippen molar-refractivity contribution in [3.8, 4) is 0 Å². The van der Waals surface area contributed by atoms with Gasteiger partial charge in [-0.05, 0) is 18.6 Å². The lowest BCUT2D eigenvalue weighted by molar-refractivity contribution is -0.0742. The quantitative estimate of drug-likeness (QED) is 0.853. The Kier molecular flexibility index (Phi) is 5.16. The molecule has 0 aromatic carbocycles. The van der Waals surface area contributed by atoms with Gasteiger partial charge in [-0.2, -0.15) is 0 Å². The Labute approximate surface area is 137 Å². The third kappa shape index (κ3) is 4.25. The van der Waals surface area contributed by atoms with Crippen LogP contribution in [0.2, 0.25) is 0 Å². The summed E-state index contributed by atoms with van der Waals surface area (Å²) in [4.78, 5) is 20.4. The van der Waals surface area contributed by atoms with E-state index >= 15 is 0 Å². The molecule has 2 atom stereocenters. The zero-order valence-electron chi connectivity index (χ0n) is 12.5. The number of pyridine rings is 1. The van der Waals surface area contributed by atoms with Crippen LogP contribution in [0.15, 0.2) is 29.2 Å². The lowest BCUT2D eigenvalue weighted by Crippen LogP contribution is -2.50. The smallest absolute Gasteiger partial charge is 0.253 e. The number of nitrogens with one attached hydrogen (secondary N) is 1. The first-order valence-electron chi connectivity index (χ1n) is 7.31. The van der Waals surface area contributed by atoms with Crippen LogP contribution in [0.4, 0.5) is 5.82 Å². The number of hydrogen-bond acceptors (Lipinski definition) is 7. The summed E-state index contributed by atoms with van der Waals surface area (Å²) in [6.07, 6.45) is 1.97. The van der Waals surface area contributed by atoms with Gasteiger partial charge in [-0.15, -0.1) is 11.3 Å². The van der Waals surface area contributed by atoms with Gasteiger partial charge in [0.2, 0.25) is 0 Å². The molecule has 3 heterocycles. The molecule has 2 aromatic rings. The first-order chi connectivity index (χ1) is 11.2. The van der Waals surface area contributed by atoms with Gasteiger partial charge < -0.3 is 20.5 Å². The highest BCUT2D eigenvalue weighted by atomic mass is 32.1. The topological polar surface area (TPSA) is 99.4 Å². The van der Waals surface area contributed by atoms with Crippen LogP contribution >= 0.6 is 11.3 Å². The minimum Gasteiger partial charge on any atom is -0.384 e. The van der Waals surface area contributed by atoms with E-state index in [1.807, 2.05) is 5.38 Å². The van der Waals surface area contributed by atoms with E-state index in [9.17, 15) is 4.79 Å². The minimum absolute atomic E-state index is 0.104. The predicted octanol–water partition coefficient (Wildman–Crippen LogP) is 1.22. The Hall–Kier alpha value is -2.03. The molecule has 7 nitrogen and oxygen atoms in total. The summed E-state index contributed by atoms with van der Waals surface area (Å²) in [5, 5.41) is 4.93. The molecule has 1 fully saturated rings. The molecular formula is C15H18N4O3S. The molecule has 1 aliphatic rings. The maximum Gasteiger partial charge on any atom is 0.253 e. The fourth-order valence-corrected chi connectivity index (χ4v) is 2.88. The molecule has 8 heteroatoms. The van der Waals surface area contributed by atoms with Crippen molar-refractivity contribution in [2.24, 2.45) is 0 Å². The van der Waals surface area contributed by atoms with Gasteiger partial charge in [-0.1, -0.05) is 0 Å². The number of aromatic nitrogens is 2. The van der Waals surface area contributed by atoms with E-state index in [2.05, 4.69) is 15.3 Å². The van der Waals surface area contributed by atoms with E-state index in [0.717, 1.165) is 5.69 Å². The number of anilines is 1. The summed E-state index contributed by atoms with van der Waals surface area (Å²) >= 11 is 1.53. The second kappa shape index (κ2) is 7.49. The minimum atomic E-state index is -0.198. The van der Waals surface area contributed by atoms with Gasteiger partial charge in [0.15, 0.2) is 0 Å². The van der Waals surface area contributed by atoms with E-state index in [1.165, 1.54) is 17.5 Å². The summed E-state index contributed by atoms with van der Waals surface area (Å²) in [5.41, 5.74) is 8.66. The van der Waals surface area contributed by atoms with Crippen molar-refractivity contribution in [3.05, 3.63) is 40.5 Å². The average Bonchev–Trinajstić information content (AvgIpc) is 3.08. The van der Waals surface area contributed by atoms with Crippen LogP contribution in [0.1, 0.15) is 22.5 Å². The monoisotopic (exact) mass is 334 g/mol. The van der Waals surface area contributed by atoms with Gasteiger partial charge >= 0.3 is 0 Å². The number of amides is 1. The van der Waals surface area contributed by atoms with Crippen LogP contribution in [-0.2, 0) is 16.1 Å². The second-order valence-corrected chi connectivity index (χ2v) is 5.96. The third-order valence-corrected chi connectivity index (χ3v) is 4.23. The molecule has 0 radical (unpaired) electrons. The van der Waals surface area contributed by atoms with Crippen molar-refractivity contribution in [1.29, 1.82) is 0 Å². The number of ether oxygens (including phenoxy) is 2. The molecule has 0 saturated carbocycles. The molecule has 122 valence electrons. The molecule has 3 rings (SSSR count). The first-order valence-corrected chi connectivity index (χ1v) is 8.25. The lowest BCUT2D eigenvalue weighted by atomic mass is 10.1. The number of carbonyl (C=O) groups excluding carboxylic acids is 1. The zero-order valence-corrected chi connectivity index (χ0v) is 13.3. The molecular weight excluding hydrogens is 316 g/mol. The number of rotatable bonds is 5. The van der Waals surface area contributed by atoms with E-state index in [0.29, 0.717) is 37.6 Å². The molecule has 0 unspecified atom stereocenters. The van der Waals surface area contributed by atoms with Gasteiger partial charge in [0, 0.05) is 18.2 Å². The van der Waals surface area contributed by atoms with E-state index in [-0.39, 0.29) is 18.1 Å². The number of hydrogen-bond donors (Lipinski definition) is 2.